The number of aromatic nitrogens is 2. The number of hydrogen-bond donors (Lipinski definition) is 0. The summed E-state index contributed by atoms with van der Waals surface area (Å²) in [4.78, 5) is 9.96. The zero-order valence-corrected chi connectivity index (χ0v) is 45.2. The van der Waals surface area contributed by atoms with E-state index in [4.69, 9.17) is 9.72 Å². The normalized spacial score (nSPS) is 13.4. The van der Waals surface area contributed by atoms with Gasteiger partial charge in [0.1, 0.15) is 17.3 Å². The highest BCUT2D eigenvalue weighted by molar-refractivity contribution is 6.10. The second-order valence-corrected chi connectivity index (χ2v) is 23.5. The molecule has 0 aliphatic carbocycles. The Labute approximate surface area is 444 Å². The number of ether oxygens (including phenoxy) is 1. The number of rotatable bonds is 11. The topological polar surface area (TPSA) is 33.5 Å². The Morgan fingerprint density at radius 1 is 0.400 bits per heavy atom. The second kappa shape index (κ2) is 19.0. The highest BCUT2D eigenvalue weighted by atomic mass is 16.5. The maximum absolute atomic E-state index is 7.16. The number of benzene rings is 8. The third kappa shape index (κ3) is 9.53. The number of pyridine rings is 1. The van der Waals surface area contributed by atoms with Gasteiger partial charge >= 0.3 is 0 Å². The van der Waals surface area contributed by atoms with Gasteiger partial charge in [-0.3, -0.25) is 4.57 Å². The van der Waals surface area contributed by atoms with Crippen molar-refractivity contribution in [3.05, 3.63) is 258 Å². The van der Waals surface area contributed by atoms with Crippen LogP contribution in [0.5, 0.6) is 11.5 Å². The Balaban J connectivity index is 1.03. The van der Waals surface area contributed by atoms with Gasteiger partial charge in [-0.1, -0.05) is 203 Å². The lowest BCUT2D eigenvalue weighted by Crippen LogP contribution is -2.27. The first-order chi connectivity index (χ1) is 35.9. The molecule has 0 fully saturated rings. The summed E-state index contributed by atoms with van der Waals surface area (Å²) in [6.45, 7) is 23.6. The summed E-state index contributed by atoms with van der Waals surface area (Å²) in [6, 6.07) is 74.8. The Bertz CT molecular complexity index is 3730. The van der Waals surface area contributed by atoms with Crippen molar-refractivity contribution in [3.8, 4) is 28.4 Å². The van der Waals surface area contributed by atoms with Crippen molar-refractivity contribution in [2.24, 2.45) is 0 Å². The van der Waals surface area contributed by atoms with E-state index in [2.05, 4.69) is 296 Å². The fourth-order valence-corrected chi connectivity index (χ4v) is 10.7. The molecule has 0 unspecified atom stereocenters. The van der Waals surface area contributed by atoms with E-state index in [1.807, 2.05) is 6.20 Å². The molecule has 10 aromatic rings. The van der Waals surface area contributed by atoms with Crippen LogP contribution in [0.2, 0.25) is 0 Å². The van der Waals surface area contributed by atoms with Crippen molar-refractivity contribution in [2.45, 2.75) is 90.9 Å². The maximum atomic E-state index is 7.16. The molecule has 1 aliphatic heterocycles. The average Bonchev–Trinajstić information content (AvgIpc) is 4.03. The van der Waals surface area contributed by atoms with Crippen molar-refractivity contribution < 1.29 is 4.74 Å². The number of nitrogens with zero attached hydrogens (tertiary/aromatic N) is 4. The van der Waals surface area contributed by atoms with Crippen LogP contribution in [0.3, 0.4) is 0 Å². The molecular formula is C70H68N4O. The number of hydrogen-bond acceptors (Lipinski definition) is 4. The standard InChI is InChI=1S/C70H68N4O/c1-67(2,3)55-37-50(48-23-15-11-16-24-48)38-57(39-55)72-46-65(49-25-17-12-18-26-49)73(47-72)58-40-56(68(4,5)6)41-60(44-58)75-59-32-33-61-62-42-53(69(7,8)51-27-19-13-20-28-51)31-34-63(62)74(64(61)45-59)66-43-54(35-36-71-66)70(9,10)52-29-21-14-22-30-52/h11-46H,47H2,1-10H3. The van der Waals surface area contributed by atoms with Gasteiger partial charge in [0.2, 0.25) is 0 Å². The third-order valence-corrected chi connectivity index (χ3v) is 15.6. The summed E-state index contributed by atoms with van der Waals surface area (Å²) in [6.07, 6.45) is 4.28. The molecule has 1 aliphatic rings. The van der Waals surface area contributed by atoms with E-state index in [0.717, 1.165) is 56.4 Å². The molecule has 11 rings (SSSR count). The molecule has 0 spiro atoms. The second-order valence-electron chi connectivity index (χ2n) is 23.5. The molecule has 0 saturated carbocycles. The molecule has 3 heterocycles. The van der Waals surface area contributed by atoms with Crippen molar-refractivity contribution in [2.75, 3.05) is 16.5 Å². The molecule has 0 radical (unpaired) electrons. The van der Waals surface area contributed by atoms with Gasteiger partial charge in [0.25, 0.3) is 0 Å². The molecule has 75 heavy (non-hydrogen) atoms. The molecule has 2 aromatic heterocycles. The molecule has 5 heteroatoms. The summed E-state index contributed by atoms with van der Waals surface area (Å²) >= 11 is 0. The van der Waals surface area contributed by atoms with Gasteiger partial charge in [-0.05, 0) is 122 Å². The fraction of sp³-hybridized carbons (Fsp3) is 0.214. The summed E-state index contributed by atoms with van der Waals surface area (Å²) in [7, 11) is 0. The van der Waals surface area contributed by atoms with Crippen molar-refractivity contribution in [1.29, 1.82) is 0 Å². The van der Waals surface area contributed by atoms with Gasteiger partial charge in [-0.15, -0.1) is 0 Å². The monoisotopic (exact) mass is 981 g/mol. The van der Waals surface area contributed by atoms with Gasteiger partial charge in [0, 0.05) is 57.5 Å². The molecule has 0 amide bonds. The zero-order valence-electron chi connectivity index (χ0n) is 45.2. The van der Waals surface area contributed by atoms with Crippen LogP contribution in [0.1, 0.15) is 108 Å². The lowest BCUT2D eigenvalue weighted by Gasteiger charge is -2.29. The first kappa shape index (κ1) is 49.1. The average molecular weight is 981 g/mol. The summed E-state index contributed by atoms with van der Waals surface area (Å²) in [5.74, 6) is 2.40. The van der Waals surface area contributed by atoms with E-state index in [0.29, 0.717) is 6.67 Å². The Kier molecular flexibility index (Phi) is 12.4. The lowest BCUT2D eigenvalue weighted by molar-refractivity contribution is 0.479. The largest absolute Gasteiger partial charge is 0.457 e. The molecule has 0 N–H and O–H groups in total. The van der Waals surface area contributed by atoms with Crippen LogP contribution in [0.25, 0.3) is 44.4 Å². The van der Waals surface area contributed by atoms with Crippen LogP contribution >= 0.6 is 0 Å². The Morgan fingerprint density at radius 2 is 0.973 bits per heavy atom. The molecular weight excluding hydrogens is 913 g/mol. The van der Waals surface area contributed by atoms with E-state index >= 15 is 0 Å². The highest BCUT2D eigenvalue weighted by Crippen LogP contribution is 2.44. The third-order valence-electron chi connectivity index (χ3n) is 15.6. The van der Waals surface area contributed by atoms with Gasteiger partial charge in [0.15, 0.2) is 0 Å². The van der Waals surface area contributed by atoms with Gasteiger partial charge in [-0.2, -0.15) is 0 Å². The van der Waals surface area contributed by atoms with Crippen molar-refractivity contribution in [3.63, 3.8) is 0 Å². The van der Waals surface area contributed by atoms with Crippen molar-refractivity contribution in [1.82, 2.24) is 9.55 Å². The first-order valence-corrected chi connectivity index (χ1v) is 26.4. The van der Waals surface area contributed by atoms with Crippen LogP contribution in [-0.2, 0) is 21.7 Å². The van der Waals surface area contributed by atoms with Crippen LogP contribution in [-0.4, -0.2) is 16.2 Å². The Hall–Kier alpha value is -8.15. The van der Waals surface area contributed by atoms with Crippen LogP contribution in [0.15, 0.2) is 219 Å². The van der Waals surface area contributed by atoms with E-state index in [9.17, 15) is 0 Å². The summed E-state index contributed by atoms with van der Waals surface area (Å²) in [5.41, 5.74) is 15.8. The van der Waals surface area contributed by atoms with E-state index in [1.54, 1.807) is 0 Å². The van der Waals surface area contributed by atoms with E-state index in [-0.39, 0.29) is 21.7 Å². The van der Waals surface area contributed by atoms with E-state index in [1.165, 1.54) is 49.9 Å². The predicted molar refractivity (Wildman–Crippen MR) is 316 cm³/mol. The lowest BCUT2D eigenvalue weighted by atomic mass is 9.78. The molecule has 0 saturated heterocycles. The maximum Gasteiger partial charge on any atom is 0.137 e. The van der Waals surface area contributed by atoms with Gasteiger partial charge < -0.3 is 14.5 Å². The SMILES string of the molecule is CC(C)(C)c1cc(-c2ccccc2)cc(N2C=C(c3ccccc3)N(c3cc(Oc4ccc5c6cc(C(C)(C)c7ccccc7)ccc6n(-c6cc(C(C)(C)c7ccccc7)ccn6)c5c4)cc(C(C)(C)C)c3)C2)c1. The van der Waals surface area contributed by atoms with Crippen LogP contribution in [0, 0.1) is 0 Å². The predicted octanol–water partition coefficient (Wildman–Crippen LogP) is 18.2. The molecule has 0 bridgehead atoms. The van der Waals surface area contributed by atoms with Gasteiger partial charge in [0.05, 0.1) is 23.4 Å². The molecule has 0 atom stereocenters. The highest BCUT2D eigenvalue weighted by Gasteiger charge is 2.30. The Morgan fingerprint density at radius 3 is 1.60 bits per heavy atom. The minimum atomic E-state index is -0.252. The first-order valence-electron chi connectivity index (χ1n) is 26.4. The fourth-order valence-electron chi connectivity index (χ4n) is 10.7. The molecule has 5 nitrogen and oxygen atoms in total. The minimum Gasteiger partial charge on any atom is -0.457 e. The minimum absolute atomic E-state index is 0.0440. The zero-order chi connectivity index (χ0) is 52.3. The van der Waals surface area contributed by atoms with Gasteiger partial charge in [-0.25, -0.2) is 4.98 Å². The summed E-state index contributed by atoms with van der Waals surface area (Å²) < 4.78 is 9.48. The number of anilines is 2. The van der Waals surface area contributed by atoms with Crippen LogP contribution < -0.4 is 14.5 Å². The molecule has 374 valence electrons. The van der Waals surface area contributed by atoms with Crippen LogP contribution in [0.4, 0.5) is 11.4 Å². The van der Waals surface area contributed by atoms with E-state index < -0.39 is 0 Å². The quantitative estimate of drug-likeness (QED) is 0.129. The number of fused-ring (bicyclic) bond motifs is 3. The summed E-state index contributed by atoms with van der Waals surface area (Å²) in [5, 5.41) is 2.31. The van der Waals surface area contributed by atoms with Crippen molar-refractivity contribution >= 4 is 38.9 Å². The molecule has 8 aromatic carbocycles. The smallest absolute Gasteiger partial charge is 0.137 e.